The molecule has 0 heterocycles. The lowest BCUT2D eigenvalue weighted by atomic mass is 9.90. The number of hydrogen-bond acceptors (Lipinski definition) is 2. The van der Waals surface area contributed by atoms with Crippen LogP contribution < -0.4 is 0 Å². The molecule has 0 unspecified atom stereocenters. The number of ether oxygens (including phenoxy) is 1. The van der Waals surface area contributed by atoms with Crippen molar-refractivity contribution in [2.45, 2.75) is 47.0 Å². The second-order valence-electron chi connectivity index (χ2n) is 4.65. The van der Waals surface area contributed by atoms with E-state index in [0.29, 0.717) is 19.6 Å². The Balaban J connectivity index is 3.41. The van der Waals surface area contributed by atoms with Crippen molar-refractivity contribution in [2.75, 3.05) is 13.2 Å². The van der Waals surface area contributed by atoms with Crippen LogP contribution in [0.4, 0.5) is 0 Å². The smallest absolute Gasteiger partial charge is 0.158 e. The molecule has 0 bridgehead atoms. The average molecular weight is 186 g/mol. The molecule has 0 saturated carbocycles. The van der Waals surface area contributed by atoms with Gasteiger partial charge in [0, 0.05) is 13.0 Å². The molecule has 0 N–H and O–H groups in total. The second-order valence-corrected chi connectivity index (χ2v) is 4.65. The van der Waals surface area contributed by atoms with Crippen LogP contribution in [0.3, 0.4) is 0 Å². The summed E-state index contributed by atoms with van der Waals surface area (Å²) in [7, 11) is 0. The fraction of sp³-hybridized carbons (Fsp3) is 0.909. The summed E-state index contributed by atoms with van der Waals surface area (Å²) in [6.45, 7) is 9.47. The number of rotatable bonds is 6. The Labute approximate surface area is 81.7 Å². The van der Waals surface area contributed by atoms with Crippen molar-refractivity contribution in [3.8, 4) is 0 Å². The molecule has 0 aliphatic carbocycles. The van der Waals surface area contributed by atoms with Gasteiger partial charge in [-0.05, 0) is 18.3 Å². The highest BCUT2D eigenvalue weighted by Crippen LogP contribution is 2.20. The molecule has 0 saturated heterocycles. The summed E-state index contributed by atoms with van der Waals surface area (Å²) in [4.78, 5) is 11.2. The summed E-state index contributed by atoms with van der Waals surface area (Å²) < 4.78 is 5.16. The zero-order valence-corrected chi connectivity index (χ0v) is 9.35. The van der Waals surface area contributed by atoms with Gasteiger partial charge in [-0.15, -0.1) is 0 Å². The molecule has 2 nitrogen and oxygen atoms in total. The lowest BCUT2D eigenvalue weighted by Crippen LogP contribution is -2.13. The molecule has 0 aliphatic rings. The van der Waals surface area contributed by atoms with Crippen molar-refractivity contribution >= 4 is 5.78 Å². The van der Waals surface area contributed by atoms with Crippen LogP contribution in [0.25, 0.3) is 0 Å². The Morgan fingerprint density at radius 2 is 1.92 bits per heavy atom. The molecule has 0 radical (unpaired) electrons. The molecule has 0 aromatic rings. The van der Waals surface area contributed by atoms with E-state index in [1.54, 1.807) is 0 Å². The third kappa shape index (κ3) is 9.54. The van der Waals surface area contributed by atoms with Gasteiger partial charge in [0.1, 0.15) is 6.61 Å². The summed E-state index contributed by atoms with van der Waals surface area (Å²) in [5.41, 5.74) is 0.250. The first kappa shape index (κ1) is 12.6. The van der Waals surface area contributed by atoms with Gasteiger partial charge in [0.15, 0.2) is 5.78 Å². The van der Waals surface area contributed by atoms with E-state index in [1.165, 1.54) is 0 Å². The van der Waals surface area contributed by atoms with Gasteiger partial charge in [-0.1, -0.05) is 27.7 Å². The molecule has 0 rings (SSSR count). The van der Waals surface area contributed by atoms with E-state index in [1.807, 2.05) is 6.92 Å². The van der Waals surface area contributed by atoms with Gasteiger partial charge < -0.3 is 4.74 Å². The summed E-state index contributed by atoms with van der Waals surface area (Å²) in [5.74, 6) is 0.225. The van der Waals surface area contributed by atoms with Crippen molar-refractivity contribution in [1.29, 1.82) is 0 Å². The van der Waals surface area contributed by atoms with Gasteiger partial charge in [-0.25, -0.2) is 0 Å². The van der Waals surface area contributed by atoms with Crippen LogP contribution >= 0.6 is 0 Å². The average Bonchev–Trinajstić information content (AvgIpc) is 2.00. The highest BCUT2D eigenvalue weighted by molar-refractivity contribution is 5.79. The summed E-state index contributed by atoms with van der Waals surface area (Å²) >= 11 is 0. The minimum Gasteiger partial charge on any atom is -0.374 e. The lowest BCUT2D eigenvalue weighted by Gasteiger charge is -2.16. The van der Waals surface area contributed by atoms with Gasteiger partial charge in [0.2, 0.25) is 0 Å². The molecular formula is C11H22O2. The highest BCUT2D eigenvalue weighted by atomic mass is 16.5. The van der Waals surface area contributed by atoms with E-state index < -0.39 is 0 Å². The van der Waals surface area contributed by atoms with E-state index in [4.69, 9.17) is 4.74 Å². The third-order valence-corrected chi connectivity index (χ3v) is 1.77. The Bertz CT molecular complexity index is 145. The number of carbonyl (C=O) groups excluding carboxylic acids is 1. The summed E-state index contributed by atoms with van der Waals surface area (Å²) in [6, 6.07) is 0. The summed E-state index contributed by atoms with van der Waals surface area (Å²) in [6.07, 6.45) is 2.57. The maximum Gasteiger partial charge on any atom is 0.158 e. The zero-order chi connectivity index (χ0) is 10.3. The van der Waals surface area contributed by atoms with Crippen molar-refractivity contribution in [2.24, 2.45) is 5.41 Å². The first-order chi connectivity index (χ1) is 5.95. The van der Waals surface area contributed by atoms with Crippen molar-refractivity contribution in [3.63, 3.8) is 0 Å². The first-order valence-corrected chi connectivity index (χ1v) is 5.05. The molecule has 0 spiro atoms. The third-order valence-electron chi connectivity index (χ3n) is 1.77. The van der Waals surface area contributed by atoms with E-state index in [0.717, 1.165) is 12.8 Å². The topological polar surface area (TPSA) is 26.3 Å². The Morgan fingerprint density at radius 1 is 1.31 bits per heavy atom. The lowest BCUT2D eigenvalue weighted by molar-refractivity contribution is -0.124. The minimum atomic E-state index is 0.225. The molecule has 2 heteroatoms. The van der Waals surface area contributed by atoms with Crippen LogP contribution in [0.2, 0.25) is 0 Å². The van der Waals surface area contributed by atoms with E-state index in [9.17, 15) is 4.79 Å². The van der Waals surface area contributed by atoms with Crippen LogP contribution in [0.15, 0.2) is 0 Å². The van der Waals surface area contributed by atoms with Crippen LogP contribution in [0.1, 0.15) is 47.0 Å². The van der Waals surface area contributed by atoms with Crippen molar-refractivity contribution < 1.29 is 9.53 Å². The highest BCUT2D eigenvalue weighted by Gasteiger charge is 2.12. The first-order valence-electron chi connectivity index (χ1n) is 5.05. The zero-order valence-electron chi connectivity index (χ0n) is 9.35. The normalized spacial score (nSPS) is 11.7. The molecule has 0 atom stereocenters. The van der Waals surface area contributed by atoms with Gasteiger partial charge in [-0.2, -0.15) is 0 Å². The molecule has 0 aliphatic heterocycles. The van der Waals surface area contributed by atoms with E-state index in [-0.39, 0.29) is 11.2 Å². The number of ketones is 1. The standard InChI is InChI=1S/C11H22O2/c1-5-8-13-9-10(12)6-7-11(2,3)4/h5-9H2,1-4H3. The van der Waals surface area contributed by atoms with Gasteiger partial charge in [-0.3, -0.25) is 4.79 Å². The SMILES string of the molecule is CCCOCC(=O)CCC(C)(C)C. The van der Waals surface area contributed by atoms with Crippen LogP contribution in [-0.4, -0.2) is 19.0 Å². The predicted octanol–water partition coefficient (Wildman–Crippen LogP) is 2.81. The molecule has 0 aromatic heterocycles. The molecule has 78 valence electrons. The number of carbonyl (C=O) groups is 1. The quantitative estimate of drug-likeness (QED) is 0.596. The maximum absolute atomic E-state index is 11.2. The summed E-state index contributed by atoms with van der Waals surface area (Å²) in [5, 5.41) is 0. The molecular weight excluding hydrogens is 164 g/mol. The monoisotopic (exact) mass is 186 g/mol. The molecule has 0 fully saturated rings. The predicted molar refractivity (Wildman–Crippen MR) is 54.8 cm³/mol. The maximum atomic E-state index is 11.2. The van der Waals surface area contributed by atoms with Gasteiger partial charge >= 0.3 is 0 Å². The van der Waals surface area contributed by atoms with Crippen molar-refractivity contribution in [3.05, 3.63) is 0 Å². The molecule has 0 aromatic carbocycles. The van der Waals surface area contributed by atoms with Gasteiger partial charge in [0.05, 0.1) is 0 Å². The van der Waals surface area contributed by atoms with E-state index in [2.05, 4.69) is 20.8 Å². The number of hydrogen-bond donors (Lipinski definition) is 0. The van der Waals surface area contributed by atoms with Gasteiger partial charge in [0.25, 0.3) is 0 Å². The second kappa shape index (κ2) is 6.14. The van der Waals surface area contributed by atoms with Crippen LogP contribution in [-0.2, 0) is 9.53 Å². The fourth-order valence-electron chi connectivity index (χ4n) is 0.917. The fourth-order valence-corrected chi connectivity index (χ4v) is 0.917. The Morgan fingerprint density at radius 3 is 2.38 bits per heavy atom. The number of Topliss-reactive ketones (excluding diaryl/α,β-unsaturated/α-hetero) is 1. The minimum absolute atomic E-state index is 0.225. The van der Waals surface area contributed by atoms with E-state index >= 15 is 0 Å². The Kier molecular flexibility index (Phi) is 5.97. The van der Waals surface area contributed by atoms with Crippen molar-refractivity contribution in [1.82, 2.24) is 0 Å². The van der Waals surface area contributed by atoms with Crippen LogP contribution in [0, 0.1) is 5.41 Å². The molecule has 0 amide bonds. The molecule has 13 heavy (non-hydrogen) atoms. The van der Waals surface area contributed by atoms with Crippen LogP contribution in [0.5, 0.6) is 0 Å². The Hall–Kier alpha value is -0.370. The largest absolute Gasteiger partial charge is 0.374 e.